The summed E-state index contributed by atoms with van der Waals surface area (Å²) in [7, 11) is 0. The van der Waals surface area contributed by atoms with Crippen LogP contribution in [-0.2, 0) is 24.8 Å². The van der Waals surface area contributed by atoms with Crippen molar-refractivity contribution >= 4 is 32.8 Å². The first-order chi connectivity index (χ1) is 31.3. The molecule has 0 amide bonds. The van der Waals surface area contributed by atoms with Crippen molar-refractivity contribution in [3.8, 4) is 62.1 Å². The van der Waals surface area contributed by atoms with E-state index in [0.717, 1.165) is 92.8 Å². The molecule has 4 heterocycles. The molecule has 64 heavy (non-hydrogen) atoms. The number of rotatable bonds is 8. The zero-order valence-electron chi connectivity index (χ0n) is 35.3. The molecule has 0 saturated heterocycles. The van der Waals surface area contributed by atoms with Gasteiger partial charge in [-0.2, -0.15) is 0 Å². The first-order valence-electron chi connectivity index (χ1n) is 21.2. The van der Waals surface area contributed by atoms with Crippen molar-refractivity contribution in [2.24, 2.45) is 0 Å². The Kier molecular flexibility index (Phi) is 9.86. The normalized spacial score (nSPS) is 11.8. The van der Waals surface area contributed by atoms with E-state index in [-0.39, 0.29) is 5.41 Å². The van der Waals surface area contributed by atoms with E-state index in [1.807, 2.05) is 36.8 Å². The number of para-hydroxylation sites is 4. The fraction of sp³-hybridized carbons (Fsp3) is 0.0714. The van der Waals surface area contributed by atoms with Gasteiger partial charge >= 0.3 is 294 Å². The van der Waals surface area contributed by atoms with E-state index in [1.54, 1.807) is 6.33 Å². The average Bonchev–Trinajstić information content (AvgIpc) is 3.82. The third-order valence-corrected chi connectivity index (χ3v) is 12.7. The fourth-order valence-electron chi connectivity index (χ4n) is 8.81. The van der Waals surface area contributed by atoms with Gasteiger partial charge in [0, 0.05) is 29.7 Å². The molecule has 0 aliphatic heterocycles. The second kappa shape index (κ2) is 16.0. The first-order valence-corrected chi connectivity index (χ1v) is 22.3. The summed E-state index contributed by atoms with van der Waals surface area (Å²) >= 11 is 2.47. The molecule has 11 rings (SSSR count). The summed E-state index contributed by atoms with van der Waals surface area (Å²) in [4.78, 5) is 13.7. The number of imidazole rings is 1. The average molecular weight is 1010 g/mol. The topological polar surface area (TPSA) is 62.7 Å². The van der Waals surface area contributed by atoms with Crippen LogP contribution in [0.4, 0.5) is 0 Å². The molecular weight excluding hydrogens is 968 g/mol. The first kappa shape index (κ1) is 39.4. The van der Waals surface area contributed by atoms with Crippen LogP contribution in [0.3, 0.4) is 0 Å². The van der Waals surface area contributed by atoms with Gasteiger partial charge in [-0.15, -0.1) is 0 Å². The molecule has 0 radical (unpaired) electrons. The van der Waals surface area contributed by atoms with Gasteiger partial charge in [0.25, 0.3) is 0 Å². The second-order valence-electron chi connectivity index (χ2n) is 16.7. The van der Waals surface area contributed by atoms with Gasteiger partial charge in [-0.05, 0) is 11.0 Å². The summed E-state index contributed by atoms with van der Waals surface area (Å²) in [5.74, 6) is 1.95. The van der Waals surface area contributed by atoms with Crippen LogP contribution in [0.15, 0.2) is 189 Å². The zero-order chi connectivity index (χ0) is 43.4. The van der Waals surface area contributed by atoms with Gasteiger partial charge in [-0.1, -0.05) is 32.9 Å². The van der Waals surface area contributed by atoms with Crippen molar-refractivity contribution in [2.75, 3.05) is 0 Å². The summed E-state index contributed by atoms with van der Waals surface area (Å²) in [5.41, 5.74) is 13.5. The summed E-state index contributed by atoms with van der Waals surface area (Å²) < 4.78 is 14.5. The van der Waals surface area contributed by atoms with Crippen LogP contribution in [0.2, 0.25) is 0 Å². The Hall–Kier alpha value is -7.47. The van der Waals surface area contributed by atoms with Crippen LogP contribution in [0.1, 0.15) is 26.3 Å². The summed E-state index contributed by atoms with van der Waals surface area (Å²) in [6.45, 7) is 6.66. The Morgan fingerprint density at radius 2 is 1.12 bits per heavy atom. The molecule has 8 heteroatoms. The molecule has 0 atom stereocenters. The fourth-order valence-corrected chi connectivity index (χ4v) is 9.89. The SMILES string of the molecule is CC(C)(C)c1cc(-n2c3[c-]c(Oc4[c-]c(-n5[c](=[Pt])n(-c6c(-c7ccccc7)cccc6-c6ccccc6)c6ccccc65)ccc4)ccc3c3ccccc32)ncc1-c1cncnc1. The third kappa shape index (κ3) is 6.90. The summed E-state index contributed by atoms with van der Waals surface area (Å²) in [5, 5.41) is 2.17. The van der Waals surface area contributed by atoms with Crippen LogP contribution < -0.4 is 4.74 Å². The molecule has 0 aliphatic rings. The minimum absolute atomic E-state index is 0.182. The molecule has 0 saturated carbocycles. The van der Waals surface area contributed by atoms with Crippen molar-refractivity contribution in [1.82, 2.24) is 28.7 Å². The van der Waals surface area contributed by atoms with E-state index < -0.39 is 0 Å². The molecule has 0 bridgehead atoms. The van der Waals surface area contributed by atoms with Gasteiger partial charge in [0.15, 0.2) is 0 Å². The van der Waals surface area contributed by atoms with Crippen molar-refractivity contribution in [3.05, 3.63) is 210 Å². The minimum atomic E-state index is -0.182. The van der Waals surface area contributed by atoms with Gasteiger partial charge < -0.3 is 0 Å². The zero-order valence-corrected chi connectivity index (χ0v) is 37.6. The standard InChI is InChI=1S/C56H40N6O.Pt/c1-56(2,3)49-32-54(59-35-48(49)40-33-57-36-58-34-40)62-50-25-11-10-22-46(50)47-29-28-43(31-53(47)62)63-42-21-14-20-41(30-42)60-37-61(52-27-13-12-26-51(52)60)55-44(38-16-6-4-7-17-38)23-15-24-45(55)39-18-8-5-9-19-39;/h4-29,32-36H,1-3H3;/q-2;. The predicted molar refractivity (Wildman–Crippen MR) is 253 cm³/mol. The predicted octanol–water partition coefficient (Wildman–Crippen LogP) is 13.5. The van der Waals surface area contributed by atoms with Crippen molar-refractivity contribution in [3.63, 3.8) is 0 Å². The van der Waals surface area contributed by atoms with Crippen molar-refractivity contribution in [1.29, 1.82) is 0 Å². The van der Waals surface area contributed by atoms with E-state index in [9.17, 15) is 0 Å². The molecule has 0 fully saturated rings. The van der Waals surface area contributed by atoms with Crippen LogP contribution in [0.25, 0.3) is 83.4 Å². The number of aromatic nitrogens is 6. The van der Waals surface area contributed by atoms with Crippen molar-refractivity contribution < 1.29 is 24.1 Å². The maximum absolute atomic E-state index is 6.71. The van der Waals surface area contributed by atoms with Crippen molar-refractivity contribution in [2.45, 2.75) is 26.2 Å². The molecule has 11 aromatic rings. The number of ether oxygens (including phenoxy) is 1. The Morgan fingerprint density at radius 3 is 1.81 bits per heavy atom. The number of fused-ring (bicyclic) bond motifs is 4. The van der Waals surface area contributed by atoms with E-state index in [1.165, 1.54) is 0 Å². The number of hydrogen-bond acceptors (Lipinski definition) is 4. The smallest absolute Gasteiger partial charge is 0.244 e. The molecule has 7 aromatic carbocycles. The quantitative estimate of drug-likeness (QED) is 0.142. The van der Waals surface area contributed by atoms with Crippen LogP contribution >= 0.6 is 0 Å². The number of pyridine rings is 1. The third-order valence-electron chi connectivity index (χ3n) is 11.7. The molecule has 0 N–H and O–H groups in total. The molecule has 312 valence electrons. The molecule has 0 unspecified atom stereocenters. The second-order valence-corrected chi connectivity index (χ2v) is 17.8. The summed E-state index contributed by atoms with van der Waals surface area (Å²) in [6.07, 6.45) is 7.17. The molecule has 4 aromatic heterocycles. The molecule has 7 nitrogen and oxygen atoms in total. The van der Waals surface area contributed by atoms with E-state index >= 15 is 0 Å². The van der Waals surface area contributed by atoms with Crippen LogP contribution in [-0.4, -0.2) is 28.7 Å². The van der Waals surface area contributed by atoms with Gasteiger partial charge in [0.05, 0.1) is 0 Å². The van der Waals surface area contributed by atoms with Gasteiger partial charge in [-0.3, -0.25) is 0 Å². The van der Waals surface area contributed by atoms with Gasteiger partial charge in [-0.25, -0.2) is 9.97 Å². The van der Waals surface area contributed by atoms with E-state index in [0.29, 0.717) is 11.5 Å². The van der Waals surface area contributed by atoms with Gasteiger partial charge in [0.1, 0.15) is 6.33 Å². The monoisotopic (exact) mass is 1010 g/mol. The van der Waals surface area contributed by atoms with E-state index in [2.05, 4.69) is 222 Å². The Bertz CT molecular complexity index is 3530. The van der Waals surface area contributed by atoms with Crippen LogP contribution in [0, 0.1) is 15.9 Å². The number of nitrogens with zero attached hydrogens (tertiary/aromatic N) is 6. The van der Waals surface area contributed by atoms with Crippen LogP contribution in [0.5, 0.6) is 11.5 Å². The minimum Gasteiger partial charge on any atom is -0.244 e. The Labute approximate surface area is 382 Å². The maximum atomic E-state index is 6.71. The van der Waals surface area contributed by atoms with E-state index in [4.69, 9.17) is 9.72 Å². The number of hydrogen-bond donors (Lipinski definition) is 0. The Balaban J connectivity index is 1.03. The molecule has 0 spiro atoms. The van der Waals surface area contributed by atoms with Gasteiger partial charge in [0.2, 0.25) is 0 Å². The summed E-state index contributed by atoms with van der Waals surface area (Å²) in [6, 6.07) is 64.4. The Morgan fingerprint density at radius 1 is 0.516 bits per heavy atom. The molecule has 0 aliphatic carbocycles. The number of benzene rings is 7. The molecular formula is C56H40N6OPt-2.